The van der Waals surface area contributed by atoms with Gasteiger partial charge in [-0.25, -0.2) is 0 Å². The zero-order chi connectivity index (χ0) is 27.1. The molecule has 6 heteroatoms. The number of fused-ring (bicyclic) bond motifs is 7. The number of hydrogen-bond donors (Lipinski definition) is 1. The molecule has 2 aromatic heterocycles. The van der Waals surface area contributed by atoms with Gasteiger partial charge in [0.2, 0.25) is 0 Å². The third-order valence-electron chi connectivity index (χ3n) is 7.23. The topological polar surface area (TPSA) is 48.2 Å². The van der Waals surface area contributed by atoms with E-state index < -0.39 is 0 Å². The van der Waals surface area contributed by atoms with Crippen LogP contribution in [0.2, 0.25) is 0 Å². The number of rotatable bonds is 5. The second kappa shape index (κ2) is 11.3. The van der Waals surface area contributed by atoms with Crippen LogP contribution in [0.25, 0.3) is 38.1 Å². The normalized spacial score (nSPS) is 13.1. The minimum absolute atomic E-state index is 0. The zero-order valence-corrected chi connectivity index (χ0v) is 25.2. The summed E-state index contributed by atoms with van der Waals surface area (Å²) in [5.74, 6) is -0.0625. The number of carbonyl (C=O) groups excluding carboxylic acids is 1. The molecule has 4 aromatic carbocycles. The van der Waals surface area contributed by atoms with Crippen LogP contribution in [0, 0.1) is 12.7 Å². The van der Waals surface area contributed by atoms with Gasteiger partial charge < -0.3 is 19.3 Å². The van der Waals surface area contributed by atoms with E-state index in [-0.39, 0.29) is 31.6 Å². The van der Waals surface area contributed by atoms with Gasteiger partial charge in [0.05, 0.1) is 5.76 Å². The number of unbranched alkanes of at least 4 members (excludes halogenated alkanes) is 1. The van der Waals surface area contributed by atoms with Gasteiger partial charge in [-0.05, 0) is 62.0 Å². The number of aliphatic hydroxyl groups is 1. The monoisotopic (exact) mass is 706 g/mol. The summed E-state index contributed by atoms with van der Waals surface area (Å²) in [5.41, 5.74) is 7.37. The van der Waals surface area contributed by atoms with E-state index in [0.29, 0.717) is 0 Å². The molecule has 0 unspecified atom stereocenters. The molecule has 1 N–H and O–H groups in total. The molecule has 205 valence electrons. The van der Waals surface area contributed by atoms with Crippen LogP contribution in [0.5, 0.6) is 0 Å². The van der Waals surface area contributed by atoms with Crippen molar-refractivity contribution < 1.29 is 30.0 Å². The molecular formula is C34H31IrN3O2-2. The summed E-state index contributed by atoms with van der Waals surface area (Å²) in [6.07, 6.45) is 3.53. The third-order valence-corrected chi connectivity index (χ3v) is 7.23. The second-order valence-corrected chi connectivity index (χ2v) is 10.1. The van der Waals surface area contributed by atoms with Gasteiger partial charge in [0, 0.05) is 48.6 Å². The molecule has 0 saturated carbocycles. The maximum Gasteiger partial charge on any atom is 0.155 e. The predicted octanol–water partition coefficient (Wildman–Crippen LogP) is 8.55. The molecule has 1 radical (unpaired) electrons. The Balaban J connectivity index is 0.000000362. The van der Waals surface area contributed by atoms with Crippen LogP contribution < -0.4 is 9.80 Å². The molecule has 6 aromatic rings. The second-order valence-electron chi connectivity index (χ2n) is 10.1. The number of allylic oxidation sites excluding steroid dienone is 2. The van der Waals surface area contributed by atoms with Gasteiger partial charge in [0.25, 0.3) is 0 Å². The first-order valence-corrected chi connectivity index (χ1v) is 13.4. The van der Waals surface area contributed by atoms with Gasteiger partial charge in [-0.2, -0.15) is 6.67 Å². The van der Waals surface area contributed by atoms with Crippen molar-refractivity contribution in [2.45, 2.75) is 33.6 Å². The van der Waals surface area contributed by atoms with Crippen LogP contribution in [0.4, 0.5) is 17.1 Å². The van der Waals surface area contributed by atoms with E-state index in [1.54, 1.807) is 0 Å². The SMILES string of the molecule is CC(=O)/C=C(/C)O.CCCCN1[CH-]N(c2[c-]c3c4ccccc4n4c5ccccc5c(c2)c34)c2ccccc21.[Ir]. The Morgan fingerprint density at radius 1 is 0.900 bits per heavy atom. The molecule has 40 heavy (non-hydrogen) atoms. The van der Waals surface area contributed by atoms with Gasteiger partial charge in [-0.15, -0.1) is 17.5 Å². The van der Waals surface area contributed by atoms with Crippen molar-refractivity contribution in [3.05, 3.63) is 103 Å². The Morgan fingerprint density at radius 2 is 1.52 bits per heavy atom. The van der Waals surface area contributed by atoms with E-state index in [1.807, 2.05) is 0 Å². The summed E-state index contributed by atoms with van der Waals surface area (Å²) in [6, 6.07) is 32.3. The number of nitrogens with zero attached hydrogens (tertiary/aromatic N) is 3. The molecule has 7 rings (SSSR count). The van der Waals surface area contributed by atoms with Crippen molar-refractivity contribution in [2.24, 2.45) is 0 Å². The molecule has 0 spiro atoms. The molecule has 1 aliphatic rings. The minimum Gasteiger partial charge on any atom is -0.512 e. The molecule has 0 fully saturated rings. The average Bonchev–Trinajstić information content (AvgIpc) is 3.58. The summed E-state index contributed by atoms with van der Waals surface area (Å²) in [5, 5.41) is 13.4. The van der Waals surface area contributed by atoms with Crippen molar-refractivity contribution in [2.75, 3.05) is 16.3 Å². The standard InChI is InChI=1S/C29H23N3.C5H8O2.Ir/c1-2-3-16-30-19-31(28-15-9-8-14-27(28)30)20-17-23-21-10-4-6-12-25(21)32-26-13-7-5-11-22(26)24(18-20)29(23)32;1-4(6)3-5(2)7;/h4-15,17,19H,2-3,16H2,1H3;3,6H,1-2H3;/q-2;;/b;4-3-;. The Kier molecular flexibility index (Phi) is 7.84. The number of aromatic nitrogens is 1. The number of anilines is 3. The predicted molar refractivity (Wildman–Crippen MR) is 162 cm³/mol. The summed E-state index contributed by atoms with van der Waals surface area (Å²) < 4.78 is 2.41. The van der Waals surface area contributed by atoms with E-state index in [4.69, 9.17) is 5.11 Å². The molecule has 5 nitrogen and oxygen atoms in total. The van der Waals surface area contributed by atoms with E-state index in [1.165, 1.54) is 82.2 Å². The third kappa shape index (κ3) is 4.72. The number of aliphatic hydroxyl groups excluding tert-OH is 1. The summed E-state index contributed by atoms with van der Waals surface area (Å²) in [4.78, 5) is 14.7. The van der Waals surface area contributed by atoms with Crippen LogP contribution in [-0.4, -0.2) is 21.8 Å². The van der Waals surface area contributed by atoms with Crippen LogP contribution in [0.1, 0.15) is 33.6 Å². The van der Waals surface area contributed by atoms with Gasteiger partial charge in [0.15, 0.2) is 5.78 Å². The number of ketones is 1. The molecule has 1 aliphatic heterocycles. The summed E-state index contributed by atoms with van der Waals surface area (Å²) in [6.45, 7) is 8.38. The van der Waals surface area contributed by atoms with Crippen LogP contribution >= 0.6 is 0 Å². The molecule has 0 bridgehead atoms. The number of para-hydroxylation sites is 4. The Hall–Kier alpha value is -3.86. The molecule has 0 saturated heterocycles. The van der Waals surface area contributed by atoms with Crippen molar-refractivity contribution in [3.8, 4) is 0 Å². The van der Waals surface area contributed by atoms with Crippen molar-refractivity contribution in [3.63, 3.8) is 0 Å². The Labute approximate surface area is 248 Å². The van der Waals surface area contributed by atoms with Crippen LogP contribution in [-0.2, 0) is 24.9 Å². The number of hydrogen-bond acceptors (Lipinski definition) is 4. The fourth-order valence-electron chi connectivity index (χ4n) is 5.64. The Morgan fingerprint density at radius 3 is 2.17 bits per heavy atom. The summed E-state index contributed by atoms with van der Waals surface area (Å²) in [7, 11) is 0. The van der Waals surface area contributed by atoms with Crippen molar-refractivity contribution >= 4 is 60.9 Å². The largest absolute Gasteiger partial charge is 0.512 e. The van der Waals surface area contributed by atoms with Crippen LogP contribution in [0.15, 0.2) is 90.7 Å². The van der Waals surface area contributed by atoms with E-state index in [2.05, 4.69) is 113 Å². The van der Waals surface area contributed by atoms with Gasteiger partial charge >= 0.3 is 0 Å². The number of carbonyl (C=O) groups is 1. The maximum atomic E-state index is 10.0. The van der Waals surface area contributed by atoms with Crippen molar-refractivity contribution in [1.29, 1.82) is 0 Å². The van der Waals surface area contributed by atoms with Gasteiger partial charge in [-0.1, -0.05) is 78.3 Å². The fourth-order valence-corrected chi connectivity index (χ4v) is 5.64. The quantitative estimate of drug-likeness (QED) is 0.111. The molecule has 0 aliphatic carbocycles. The average molecular weight is 706 g/mol. The molecule has 0 amide bonds. The smallest absolute Gasteiger partial charge is 0.155 e. The molecular weight excluding hydrogens is 675 g/mol. The van der Waals surface area contributed by atoms with E-state index >= 15 is 0 Å². The van der Waals surface area contributed by atoms with E-state index in [9.17, 15) is 4.79 Å². The van der Waals surface area contributed by atoms with Crippen molar-refractivity contribution in [1.82, 2.24) is 4.40 Å². The van der Waals surface area contributed by atoms with E-state index in [0.717, 1.165) is 12.2 Å². The number of benzene rings is 4. The first-order chi connectivity index (χ1) is 19.0. The molecule has 3 heterocycles. The van der Waals surface area contributed by atoms with Gasteiger partial charge in [-0.3, -0.25) is 4.79 Å². The first kappa shape index (κ1) is 27.7. The fraction of sp³-hybridized carbons (Fsp3) is 0.176. The maximum absolute atomic E-state index is 10.0. The summed E-state index contributed by atoms with van der Waals surface area (Å²) >= 11 is 0. The zero-order valence-electron chi connectivity index (χ0n) is 22.8. The molecule has 0 atom stereocenters. The Bertz CT molecular complexity index is 1770. The minimum atomic E-state index is -0.125. The van der Waals surface area contributed by atoms with Crippen LogP contribution in [0.3, 0.4) is 0 Å². The van der Waals surface area contributed by atoms with Gasteiger partial charge in [0.1, 0.15) is 0 Å². The first-order valence-electron chi connectivity index (χ1n) is 13.4.